The highest BCUT2D eigenvalue weighted by molar-refractivity contribution is 6.31. The molecule has 2 aromatic carbocycles. The molecule has 6 nitrogen and oxygen atoms in total. The first-order chi connectivity index (χ1) is 15.0. The quantitative estimate of drug-likeness (QED) is 0.390. The molecular formula is C24H33ClO6. The largest absolute Gasteiger partial charge is 0.491 e. The van der Waals surface area contributed by atoms with Crippen molar-refractivity contribution in [1.29, 1.82) is 0 Å². The standard InChI is InChI=1S/C22H27ClO5.C2H6O/c23-21-8-3-16(22(26)13-18(25)14-24)12-17(21)11-15-1-4-19(5-2-15)27-9-10-28-20-6-7-20;1-2-3/h1-5,8,12,18,20,22,24-26H,6-7,9-11,13-14H2;3H,2H2,1H3. The maximum Gasteiger partial charge on any atom is 0.119 e. The zero-order chi connectivity index (χ0) is 22.6. The Kier molecular flexibility index (Phi) is 11.3. The lowest BCUT2D eigenvalue weighted by atomic mass is 9.98. The van der Waals surface area contributed by atoms with Crippen molar-refractivity contribution in [1.82, 2.24) is 0 Å². The van der Waals surface area contributed by atoms with E-state index in [2.05, 4.69) is 0 Å². The lowest BCUT2D eigenvalue weighted by Crippen LogP contribution is -2.16. The summed E-state index contributed by atoms with van der Waals surface area (Å²) in [4.78, 5) is 0. The van der Waals surface area contributed by atoms with Crippen LogP contribution in [0, 0.1) is 0 Å². The summed E-state index contributed by atoms with van der Waals surface area (Å²) < 4.78 is 11.2. The lowest BCUT2D eigenvalue weighted by Gasteiger charge is -2.16. The Hall–Kier alpha value is -1.67. The van der Waals surface area contributed by atoms with Crippen molar-refractivity contribution in [3.63, 3.8) is 0 Å². The molecule has 0 saturated heterocycles. The van der Waals surface area contributed by atoms with Gasteiger partial charge < -0.3 is 29.9 Å². The number of aliphatic hydroxyl groups excluding tert-OH is 4. The predicted octanol–water partition coefficient (Wildman–Crippen LogP) is 3.26. The van der Waals surface area contributed by atoms with E-state index in [9.17, 15) is 10.2 Å². The third kappa shape index (κ3) is 9.56. The molecular weight excluding hydrogens is 420 g/mol. The Labute approximate surface area is 189 Å². The van der Waals surface area contributed by atoms with Gasteiger partial charge in [-0.3, -0.25) is 0 Å². The first-order valence-electron chi connectivity index (χ1n) is 10.7. The highest BCUT2D eigenvalue weighted by Gasteiger charge is 2.21. The Bertz CT molecular complexity index is 763. The molecule has 0 bridgehead atoms. The predicted molar refractivity (Wildman–Crippen MR) is 121 cm³/mol. The number of halogens is 1. The van der Waals surface area contributed by atoms with E-state index >= 15 is 0 Å². The molecule has 172 valence electrons. The van der Waals surface area contributed by atoms with Gasteiger partial charge in [0.05, 0.1) is 31.5 Å². The molecule has 0 heterocycles. The van der Waals surface area contributed by atoms with E-state index in [1.54, 1.807) is 19.1 Å². The second-order valence-corrected chi connectivity index (χ2v) is 7.90. The van der Waals surface area contributed by atoms with Crippen molar-refractivity contribution in [3.05, 3.63) is 64.2 Å². The van der Waals surface area contributed by atoms with Crippen LogP contribution in [0.4, 0.5) is 0 Å². The summed E-state index contributed by atoms with van der Waals surface area (Å²) >= 11 is 6.32. The van der Waals surface area contributed by atoms with Gasteiger partial charge in [-0.05, 0) is 61.1 Å². The van der Waals surface area contributed by atoms with Gasteiger partial charge in [-0.1, -0.05) is 35.9 Å². The lowest BCUT2D eigenvalue weighted by molar-refractivity contribution is 0.0413. The van der Waals surface area contributed by atoms with Gasteiger partial charge in [0.1, 0.15) is 12.4 Å². The van der Waals surface area contributed by atoms with Crippen LogP contribution >= 0.6 is 11.6 Å². The molecule has 7 heteroatoms. The van der Waals surface area contributed by atoms with Crippen LogP contribution in [-0.4, -0.2) is 59.1 Å². The minimum atomic E-state index is -0.948. The summed E-state index contributed by atoms with van der Waals surface area (Å²) in [6.07, 6.45) is 1.66. The van der Waals surface area contributed by atoms with Crippen LogP contribution in [0.3, 0.4) is 0 Å². The van der Waals surface area contributed by atoms with Gasteiger partial charge in [0.15, 0.2) is 0 Å². The van der Waals surface area contributed by atoms with Gasteiger partial charge in [-0.25, -0.2) is 0 Å². The molecule has 2 atom stereocenters. The first kappa shape index (κ1) is 25.6. The molecule has 1 aliphatic carbocycles. The molecule has 31 heavy (non-hydrogen) atoms. The molecule has 0 radical (unpaired) electrons. The molecule has 2 unspecified atom stereocenters. The average molecular weight is 453 g/mol. The van der Waals surface area contributed by atoms with Crippen LogP contribution in [0.1, 0.15) is 49.0 Å². The maximum atomic E-state index is 10.2. The van der Waals surface area contributed by atoms with Crippen molar-refractivity contribution in [2.75, 3.05) is 26.4 Å². The molecule has 0 spiro atoms. The highest BCUT2D eigenvalue weighted by atomic mass is 35.5. The molecule has 0 amide bonds. The average Bonchev–Trinajstić information content (AvgIpc) is 3.59. The maximum absolute atomic E-state index is 10.2. The van der Waals surface area contributed by atoms with Crippen LogP contribution in [0.5, 0.6) is 5.75 Å². The summed E-state index contributed by atoms with van der Waals surface area (Å²) in [5.74, 6) is 0.802. The second kappa shape index (κ2) is 13.7. The molecule has 3 rings (SSSR count). The summed E-state index contributed by atoms with van der Waals surface area (Å²) in [6, 6.07) is 13.2. The molecule has 4 N–H and O–H groups in total. The first-order valence-corrected chi connectivity index (χ1v) is 11.0. The Morgan fingerprint density at radius 1 is 1.03 bits per heavy atom. The zero-order valence-electron chi connectivity index (χ0n) is 17.9. The fraction of sp³-hybridized carbons (Fsp3) is 0.500. The summed E-state index contributed by atoms with van der Waals surface area (Å²) in [5.41, 5.74) is 2.64. The third-order valence-corrected chi connectivity index (χ3v) is 5.08. The summed E-state index contributed by atoms with van der Waals surface area (Å²) in [5, 5.41) is 36.9. The van der Waals surface area contributed by atoms with Crippen LogP contribution < -0.4 is 4.74 Å². The minimum Gasteiger partial charge on any atom is -0.491 e. The third-order valence-electron chi connectivity index (χ3n) is 4.71. The fourth-order valence-corrected chi connectivity index (χ4v) is 3.12. The van der Waals surface area contributed by atoms with Gasteiger partial charge in [-0.15, -0.1) is 0 Å². The van der Waals surface area contributed by atoms with E-state index in [4.69, 9.17) is 31.3 Å². The molecule has 1 aliphatic rings. The van der Waals surface area contributed by atoms with E-state index in [0.717, 1.165) is 29.7 Å². The van der Waals surface area contributed by atoms with E-state index in [0.29, 0.717) is 36.3 Å². The van der Waals surface area contributed by atoms with Crippen molar-refractivity contribution in [2.45, 2.75) is 50.9 Å². The van der Waals surface area contributed by atoms with Crippen LogP contribution in [0.25, 0.3) is 0 Å². The highest BCUT2D eigenvalue weighted by Crippen LogP contribution is 2.27. The van der Waals surface area contributed by atoms with Crippen molar-refractivity contribution >= 4 is 11.6 Å². The Balaban J connectivity index is 0.00000107. The van der Waals surface area contributed by atoms with E-state index in [1.807, 2.05) is 30.3 Å². The van der Waals surface area contributed by atoms with Crippen molar-refractivity contribution < 1.29 is 29.9 Å². The Morgan fingerprint density at radius 3 is 2.32 bits per heavy atom. The van der Waals surface area contributed by atoms with E-state index in [1.165, 1.54) is 0 Å². The van der Waals surface area contributed by atoms with Gasteiger partial charge in [-0.2, -0.15) is 0 Å². The summed E-state index contributed by atoms with van der Waals surface area (Å²) in [6.45, 7) is 2.71. The number of hydrogen-bond acceptors (Lipinski definition) is 6. The van der Waals surface area contributed by atoms with Gasteiger partial charge in [0, 0.05) is 18.1 Å². The monoisotopic (exact) mass is 452 g/mol. The molecule has 2 aromatic rings. The number of ether oxygens (including phenoxy) is 2. The zero-order valence-corrected chi connectivity index (χ0v) is 18.7. The minimum absolute atomic E-state index is 0.0774. The SMILES string of the molecule is CCO.OCC(O)CC(O)c1ccc(Cl)c(Cc2ccc(OCCOC3CC3)cc2)c1. The summed E-state index contributed by atoms with van der Waals surface area (Å²) in [7, 11) is 0. The fourth-order valence-electron chi connectivity index (χ4n) is 2.94. The molecule has 0 aromatic heterocycles. The molecule has 1 saturated carbocycles. The smallest absolute Gasteiger partial charge is 0.119 e. The van der Waals surface area contributed by atoms with Crippen LogP contribution in [0.2, 0.25) is 5.02 Å². The normalized spacial score (nSPS) is 15.0. The van der Waals surface area contributed by atoms with Gasteiger partial charge in [0.2, 0.25) is 0 Å². The Morgan fingerprint density at radius 2 is 1.71 bits per heavy atom. The molecule has 0 aliphatic heterocycles. The number of hydrogen-bond donors (Lipinski definition) is 4. The van der Waals surface area contributed by atoms with Crippen molar-refractivity contribution in [3.8, 4) is 5.75 Å². The topological polar surface area (TPSA) is 99.4 Å². The number of aliphatic hydroxyl groups is 4. The van der Waals surface area contributed by atoms with E-state index in [-0.39, 0.29) is 19.6 Å². The number of rotatable bonds is 11. The van der Waals surface area contributed by atoms with E-state index < -0.39 is 12.2 Å². The number of benzene rings is 2. The van der Waals surface area contributed by atoms with Crippen LogP contribution in [-0.2, 0) is 11.2 Å². The van der Waals surface area contributed by atoms with Gasteiger partial charge in [0.25, 0.3) is 0 Å². The second-order valence-electron chi connectivity index (χ2n) is 7.49. The van der Waals surface area contributed by atoms with Gasteiger partial charge >= 0.3 is 0 Å². The van der Waals surface area contributed by atoms with Crippen molar-refractivity contribution in [2.24, 2.45) is 0 Å². The molecule has 1 fully saturated rings. The van der Waals surface area contributed by atoms with Crippen LogP contribution in [0.15, 0.2) is 42.5 Å².